The number of rotatable bonds is 3. The van der Waals surface area contributed by atoms with Gasteiger partial charge in [0.25, 0.3) is 0 Å². The summed E-state index contributed by atoms with van der Waals surface area (Å²) in [4.78, 5) is 4.39. The van der Waals surface area contributed by atoms with Gasteiger partial charge in [-0.1, -0.05) is 29.8 Å². The molecule has 0 radical (unpaired) electrons. The summed E-state index contributed by atoms with van der Waals surface area (Å²) in [5.74, 6) is 0.762. The van der Waals surface area contributed by atoms with Crippen LogP contribution in [0.5, 0.6) is 5.75 Å². The summed E-state index contributed by atoms with van der Waals surface area (Å²) >= 11 is 6.17. The molecule has 3 aromatic rings. The van der Waals surface area contributed by atoms with Crippen LogP contribution in [-0.4, -0.2) is 12.1 Å². The van der Waals surface area contributed by atoms with Crippen molar-refractivity contribution in [1.29, 1.82) is 0 Å². The first kappa shape index (κ1) is 13.7. The highest BCUT2D eigenvalue weighted by Crippen LogP contribution is 2.31. The van der Waals surface area contributed by atoms with Gasteiger partial charge >= 0.3 is 0 Å². The number of anilines is 2. The number of hydrogen-bond donors (Lipinski definition) is 1. The maximum atomic E-state index is 6.17. The molecule has 21 heavy (non-hydrogen) atoms. The first-order chi connectivity index (χ1) is 10.2. The van der Waals surface area contributed by atoms with E-state index in [4.69, 9.17) is 16.3 Å². The number of aryl methyl sites for hydroxylation is 1. The second-order valence-electron chi connectivity index (χ2n) is 4.80. The molecule has 0 atom stereocenters. The number of para-hydroxylation sites is 1. The summed E-state index contributed by atoms with van der Waals surface area (Å²) in [5.41, 5.74) is 3.81. The molecular formula is C17H15ClN2O. The molecule has 0 spiro atoms. The van der Waals surface area contributed by atoms with Crippen LogP contribution in [-0.2, 0) is 0 Å². The van der Waals surface area contributed by atoms with E-state index < -0.39 is 0 Å². The van der Waals surface area contributed by atoms with Crippen molar-refractivity contribution in [3.05, 3.63) is 59.2 Å². The number of pyridine rings is 1. The van der Waals surface area contributed by atoms with Gasteiger partial charge in [0.1, 0.15) is 11.3 Å². The van der Waals surface area contributed by atoms with Crippen molar-refractivity contribution in [1.82, 2.24) is 4.98 Å². The molecule has 106 valence electrons. The lowest BCUT2D eigenvalue weighted by atomic mass is 10.1. The second-order valence-corrected chi connectivity index (χ2v) is 5.21. The van der Waals surface area contributed by atoms with Crippen molar-refractivity contribution < 1.29 is 4.74 Å². The molecule has 0 unspecified atom stereocenters. The third kappa shape index (κ3) is 2.65. The lowest BCUT2D eigenvalue weighted by Gasteiger charge is -2.12. The van der Waals surface area contributed by atoms with Gasteiger partial charge < -0.3 is 10.1 Å². The normalized spacial score (nSPS) is 10.6. The zero-order valence-corrected chi connectivity index (χ0v) is 12.6. The maximum absolute atomic E-state index is 6.17. The topological polar surface area (TPSA) is 34.1 Å². The van der Waals surface area contributed by atoms with Crippen molar-refractivity contribution >= 4 is 33.9 Å². The Bertz CT molecular complexity index is 802. The molecule has 3 nitrogen and oxygen atoms in total. The molecule has 3 rings (SSSR count). The molecule has 0 aliphatic carbocycles. The van der Waals surface area contributed by atoms with Gasteiger partial charge in [-0.3, -0.25) is 4.98 Å². The molecule has 1 N–H and O–H groups in total. The van der Waals surface area contributed by atoms with Crippen LogP contribution in [0.2, 0.25) is 5.02 Å². The third-order valence-corrected chi connectivity index (χ3v) is 3.81. The Labute approximate surface area is 128 Å². The number of fused-ring (bicyclic) bond motifs is 1. The van der Waals surface area contributed by atoms with E-state index in [9.17, 15) is 0 Å². The lowest BCUT2D eigenvalue weighted by molar-refractivity contribution is 0.419. The average Bonchev–Trinajstić information content (AvgIpc) is 2.51. The van der Waals surface area contributed by atoms with Crippen LogP contribution < -0.4 is 10.1 Å². The summed E-state index contributed by atoms with van der Waals surface area (Å²) in [6, 6.07) is 13.7. The minimum absolute atomic E-state index is 0.746. The Kier molecular flexibility index (Phi) is 3.67. The molecule has 4 heteroatoms. The monoisotopic (exact) mass is 298 g/mol. The standard InChI is InChI=1S/C17H15ClN2O/c1-11-6-7-12(10-14(11)18)20-15-8-9-19-17-13(15)4-3-5-16(17)21-2/h3-10H,1-2H3,(H,19,20). The van der Waals surface area contributed by atoms with Crippen molar-refractivity contribution in [2.24, 2.45) is 0 Å². The van der Waals surface area contributed by atoms with Crippen molar-refractivity contribution in [2.75, 3.05) is 12.4 Å². The van der Waals surface area contributed by atoms with Gasteiger partial charge in [0.15, 0.2) is 0 Å². The maximum Gasteiger partial charge on any atom is 0.145 e. The number of benzene rings is 2. The van der Waals surface area contributed by atoms with Crippen molar-refractivity contribution in [3.63, 3.8) is 0 Å². The van der Waals surface area contributed by atoms with Crippen LogP contribution >= 0.6 is 11.6 Å². The molecule has 0 fully saturated rings. The number of aromatic nitrogens is 1. The van der Waals surface area contributed by atoms with E-state index in [0.717, 1.165) is 38.6 Å². The Morgan fingerprint density at radius 1 is 1.14 bits per heavy atom. The first-order valence-corrected chi connectivity index (χ1v) is 7.02. The summed E-state index contributed by atoms with van der Waals surface area (Å²) in [6.07, 6.45) is 1.77. The van der Waals surface area contributed by atoms with Crippen LogP contribution in [0.1, 0.15) is 5.56 Å². The number of ether oxygens (including phenoxy) is 1. The van der Waals surface area contributed by atoms with E-state index in [2.05, 4.69) is 10.3 Å². The lowest BCUT2D eigenvalue weighted by Crippen LogP contribution is -1.94. The van der Waals surface area contributed by atoms with E-state index in [0.29, 0.717) is 0 Å². The fourth-order valence-electron chi connectivity index (χ4n) is 2.25. The van der Waals surface area contributed by atoms with Crippen LogP contribution in [0, 0.1) is 6.92 Å². The largest absolute Gasteiger partial charge is 0.494 e. The van der Waals surface area contributed by atoms with Gasteiger partial charge in [-0.05, 0) is 36.8 Å². The van der Waals surface area contributed by atoms with Gasteiger partial charge in [-0.2, -0.15) is 0 Å². The van der Waals surface area contributed by atoms with Crippen molar-refractivity contribution in [3.8, 4) is 5.75 Å². The fraction of sp³-hybridized carbons (Fsp3) is 0.118. The summed E-state index contributed by atoms with van der Waals surface area (Å²) in [5, 5.41) is 5.14. The zero-order valence-electron chi connectivity index (χ0n) is 11.9. The second kappa shape index (κ2) is 5.62. The van der Waals surface area contributed by atoms with Gasteiger partial charge in [-0.25, -0.2) is 0 Å². The molecule has 1 aromatic heterocycles. The molecule has 0 amide bonds. The number of halogens is 1. The third-order valence-electron chi connectivity index (χ3n) is 3.40. The molecule has 0 saturated heterocycles. The summed E-state index contributed by atoms with van der Waals surface area (Å²) in [7, 11) is 1.65. The SMILES string of the molecule is COc1cccc2c(Nc3ccc(C)c(Cl)c3)ccnc12. The zero-order chi connectivity index (χ0) is 14.8. The Hall–Kier alpha value is -2.26. The van der Waals surface area contributed by atoms with Crippen LogP contribution in [0.3, 0.4) is 0 Å². The first-order valence-electron chi connectivity index (χ1n) is 6.64. The van der Waals surface area contributed by atoms with E-state index in [1.165, 1.54) is 0 Å². The van der Waals surface area contributed by atoms with Gasteiger partial charge in [0.05, 0.1) is 7.11 Å². The van der Waals surface area contributed by atoms with E-state index in [1.807, 2.05) is 49.4 Å². The number of nitrogens with zero attached hydrogens (tertiary/aromatic N) is 1. The molecule has 0 aliphatic rings. The highest BCUT2D eigenvalue weighted by Gasteiger charge is 2.07. The quantitative estimate of drug-likeness (QED) is 0.743. The highest BCUT2D eigenvalue weighted by atomic mass is 35.5. The summed E-state index contributed by atoms with van der Waals surface area (Å²) < 4.78 is 5.36. The number of hydrogen-bond acceptors (Lipinski definition) is 3. The molecule has 0 aliphatic heterocycles. The van der Waals surface area contributed by atoms with E-state index >= 15 is 0 Å². The minimum Gasteiger partial charge on any atom is -0.494 e. The molecule has 2 aromatic carbocycles. The van der Waals surface area contributed by atoms with Gasteiger partial charge in [0, 0.05) is 28.0 Å². The minimum atomic E-state index is 0.746. The fourth-order valence-corrected chi connectivity index (χ4v) is 2.43. The highest BCUT2D eigenvalue weighted by molar-refractivity contribution is 6.31. The number of nitrogens with one attached hydrogen (secondary N) is 1. The van der Waals surface area contributed by atoms with Gasteiger partial charge in [0.2, 0.25) is 0 Å². The Morgan fingerprint density at radius 3 is 2.76 bits per heavy atom. The van der Waals surface area contributed by atoms with Crippen molar-refractivity contribution in [2.45, 2.75) is 6.92 Å². The Balaban J connectivity index is 2.06. The van der Waals surface area contributed by atoms with Crippen LogP contribution in [0.4, 0.5) is 11.4 Å². The van der Waals surface area contributed by atoms with E-state index in [-0.39, 0.29) is 0 Å². The molecule has 1 heterocycles. The molecular weight excluding hydrogens is 284 g/mol. The predicted octanol–water partition coefficient (Wildman–Crippen LogP) is 4.95. The number of methoxy groups -OCH3 is 1. The van der Waals surface area contributed by atoms with Crippen LogP contribution in [0.25, 0.3) is 10.9 Å². The Morgan fingerprint density at radius 2 is 2.00 bits per heavy atom. The molecule has 0 saturated carbocycles. The molecule has 0 bridgehead atoms. The van der Waals surface area contributed by atoms with Gasteiger partial charge in [-0.15, -0.1) is 0 Å². The predicted molar refractivity (Wildman–Crippen MR) is 87.8 cm³/mol. The average molecular weight is 299 g/mol. The van der Waals surface area contributed by atoms with E-state index in [1.54, 1.807) is 13.3 Å². The summed E-state index contributed by atoms with van der Waals surface area (Å²) in [6.45, 7) is 1.98. The smallest absolute Gasteiger partial charge is 0.145 e. The van der Waals surface area contributed by atoms with Crippen LogP contribution in [0.15, 0.2) is 48.7 Å².